The van der Waals surface area contributed by atoms with Crippen molar-refractivity contribution >= 4 is 33.9 Å². The fourth-order valence-corrected chi connectivity index (χ4v) is 3.83. The minimum absolute atomic E-state index is 0.608. The quantitative estimate of drug-likeness (QED) is 0.697. The number of nitriles is 1. The van der Waals surface area contributed by atoms with E-state index in [4.69, 9.17) is 0 Å². The molecule has 0 aromatic carbocycles. The van der Waals surface area contributed by atoms with Gasteiger partial charge in [0.25, 0.3) is 0 Å². The smallest absolute Gasteiger partial charge is 0.227 e. The number of thiazole rings is 1. The van der Waals surface area contributed by atoms with Gasteiger partial charge in [-0.25, -0.2) is 4.98 Å². The Labute approximate surface area is 155 Å². The van der Waals surface area contributed by atoms with Crippen LogP contribution in [0.3, 0.4) is 0 Å². The van der Waals surface area contributed by atoms with Crippen LogP contribution >= 0.6 is 11.3 Å². The number of aromatic nitrogens is 4. The van der Waals surface area contributed by atoms with Gasteiger partial charge >= 0.3 is 0 Å². The van der Waals surface area contributed by atoms with Crippen molar-refractivity contribution in [3.05, 3.63) is 29.0 Å². The van der Waals surface area contributed by atoms with Gasteiger partial charge in [-0.1, -0.05) is 0 Å². The molecule has 0 amide bonds. The van der Waals surface area contributed by atoms with E-state index in [1.807, 2.05) is 48.0 Å². The molecule has 0 aliphatic carbocycles. The molecule has 1 saturated heterocycles. The lowest BCUT2D eigenvalue weighted by molar-refractivity contribution is 0.634. The SMILES string of the molecule is Cc1cc(N(C)C)nc(N2CCN(c3nc4sccn4c3C#N)CC2)n1. The largest absolute Gasteiger partial charge is 0.363 e. The first kappa shape index (κ1) is 16.6. The van der Waals surface area contributed by atoms with Crippen molar-refractivity contribution in [1.82, 2.24) is 19.4 Å². The zero-order valence-electron chi connectivity index (χ0n) is 15.0. The van der Waals surface area contributed by atoms with Crippen molar-refractivity contribution in [2.24, 2.45) is 0 Å². The molecule has 0 saturated carbocycles. The summed E-state index contributed by atoms with van der Waals surface area (Å²) >= 11 is 1.54. The van der Waals surface area contributed by atoms with Gasteiger partial charge in [-0.3, -0.25) is 4.40 Å². The first-order valence-electron chi connectivity index (χ1n) is 8.45. The third-order valence-corrected chi connectivity index (χ3v) is 5.26. The van der Waals surface area contributed by atoms with Crippen molar-refractivity contribution in [1.29, 1.82) is 5.26 Å². The Morgan fingerprint density at radius 1 is 1.12 bits per heavy atom. The number of nitrogens with zero attached hydrogens (tertiary/aromatic N) is 8. The second-order valence-corrected chi connectivity index (χ2v) is 7.36. The maximum atomic E-state index is 9.53. The third-order valence-electron chi connectivity index (χ3n) is 4.50. The number of hydrogen-bond donors (Lipinski definition) is 0. The van der Waals surface area contributed by atoms with Gasteiger partial charge in [0.15, 0.2) is 16.5 Å². The first-order valence-corrected chi connectivity index (χ1v) is 9.33. The van der Waals surface area contributed by atoms with E-state index < -0.39 is 0 Å². The van der Waals surface area contributed by atoms with E-state index in [9.17, 15) is 5.26 Å². The van der Waals surface area contributed by atoms with E-state index in [-0.39, 0.29) is 0 Å². The molecule has 0 unspecified atom stereocenters. The van der Waals surface area contributed by atoms with Crippen LogP contribution in [0.15, 0.2) is 17.6 Å². The first-order chi connectivity index (χ1) is 12.6. The van der Waals surface area contributed by atoms with Gasteiger partial charge < -0.3 is 14.7 Å². The van der Waals surface area contributed by atoms with Crippen LogP contribution in [0.25, 0.3) is 4.96 Å². The zero-order valence-corrected chi connectivity index (χ0v) is 15.9. The lowest BCUT2D eigenvalue weighted by Crippen LogP contribution is -2.47. The molecule has 3 aromatic rings. The van der Waals surface area contributed by atoms with Gasteiger partial charge in [-0.05, 0) is 6.92 Å². The molecule has 1 fully saturated rings. The normalized spacial score (nSPS) is 14.7. The Hall–Kier alpha value is -2.86. The Morgan fingerprint density at radius 3 is 2.54 bits per heavy atom. The topological polar surface area (TPSA) is 76.6 Å². The highest BCUT2D eigenvalue weighted by atomic mass is 32.1. The Morgan fingerprint density at radius 2 is 1.85 bits per heavy atom. The van der Waals surface area contributed by atoms with Gasteiger partial charge in [0.05, 0.1) is 0 Å². The lowest BCUT2D eigenvalue weighted by Gasteiger charge is -2.35. The van der Waals surface area contributed by atoms with Gasteiger partial charge in [-0.15, -0.1) is 11.3 Å². The van der Waals surface area contributed by atoms with Gasteiger partial charge in [0.2, 0.25) is 5.95 Å². The lowest BCUT2D eigenvalue weighted by atomic mass is 10.3. The van der Waals surface area contributed by atoms with Crippen LogP contribution in [-0.4, -0.2) is 59.6 Å². The summed E-state index contributed by atoms with van der Waals surface area (Å²) in [6, 6.07) is 4.28. The van der Waals surface area contributed by atoms with E-state index in [1.54, 1.807) is 11.3 Å². The molecule has 1 aliphatic heterocycles. The molecule has 0 bridgehead atoms. The molecule has 0 N–H and O–H groups in total. The molecule has 3 aromatic heterocycles. The number of fused-ring (bicyclic) bond motifs is 1. The van der Waals surface area contributed by atoms with Crippen molar-refractivity contribution < 1.29 is 0 Å². The van der Waals surface area contributed by atoms with E-state index in [2.05, 4.69) is 30.8 Å². The molecule has 0 radical (unpaired) electrons. The molecule has 8 nitrogen and oxygen atoms in total. The highest BCUT2D eigenvalue weighted by Crippen LogP contribution is 2.26. The Kier molecular flexibility index (Phi) is 4.12. The monoisotopic (exact) mass is 368 g/mol. The fourth-order valence-electron chi connectivity index (χ4n) is 3.12. The molecule has 0 atom stereocenters. The van der Waals surface area contributed by atoms with Crippen LogP contribution in [-0.2, 0) is 0 Å². The Bertz CT molecular complexity index is 974. The zero-order chi connectivity index (χ0) is 18.3. The van der Waals surface area contributed by atoms with E-state index in [0.29, 0.717) is 5.69 Å². The van der Waals surface area contributed by atoms with Crippen molar-refractivity contribution in [3.8, 4) is 6.07 Å². The number of hydrogen-bond acceptors (Lipinski definition) is 8. The van der Waals surface area contributed by atoms with E-state index in [0.717, 1.165) is 54.4 Å². The van der Waals surface area contributed by atoms with Crippen LogP contribution in [0, 0.1) is 18.3 Å². The van der Waals surface area contributed by atoms with Crippen LogP contribution in [0.1, 0.15) is 11.4 Å². The minimum atomic E-state index is 0.608. The Balaban J connectivity index is 1.54. The van der Waals surface area contributed by atoms with Crippen LogP contribution in [0.2, 0.25) is 0 Å². The van der Waals surface area contributed by atoms with Crippen molar-refractivity contribution in [3.63, 3.8) is 0 Å². The molecule has 26 heavy (non-hydrogen) atoms. The number of imidazole rings is 1. The predicted octanol–water partition coefficient (Wildman–Crippen LogP) is 1.76. The van der Waals surface area contributed by atoms with Crippen LogP contribution in [0.5, 0.6) is 0 Å². The van der Waals surface area contributed by atoms with Gasteiger partial charge in [0.1, 0.15) is 11.9 Å². The molecule has 4 heterocycles. The minimum Gasteiger partial charge on any atom is -0.363 e. The summed E-state index contributed by atoms with van der Waals surface area (Å²) < 4.78 is 1.86. The average molecular weight is 368 g/mol. The number of piperazine rings is 1. The number of rotatable bonds is 3. The second-order valence-electron chi connectivity index (χ2n) is 6.49. The molecular weight excluding hydrogens is 348 g/mol. The predicted molar refractivity (Wildman–Crippen MR) is 103 cm³/mol. The summed E-state index contributed by atoms with van der Waals surface area (Å²) in [6.07, 6.45) is 1.90. The van der Waals surface area contributed by atoms with Crippen LogP contribution < -0.4 is 14.7 Å². The summed E-state index contributed by atoms with van der Waals surface area (Å²) in [6.45, 7) is 5.16. The molecule has 134 valence electrons. The molecular formula is C17H20N8S. The van der Waals surface area contributed by atoms with Gasteiger partial charge in [-0.2, -0.15) is 15.2 Å². The third kappa shape index (κ3) is 2.82. The van der Waals surface area contributed by atoms with Gasteiger partial charge in [0, 0.05) is 63.6 Å². The highest BCUT2D eigenvalue weighted by Gasteiger charge is 2.25. The van der Waals surface area contributed by atoms with E-state index >= 15 is 0 Å². The summed E-state index contributed by atoms with van der Waals surface area (Å²) in [5, 5.41) is 11.5. The maximum Gasteiger partial charge on any atom is 0.227 e. The van der Waals surface area contributed by atoms with Crippen molar-refractivity contribution in [2.75, 3.05) is 55.0 Å². The fraction of sp³-hybridized carbons (Fsp3) is 0.412. The summed E-state index contributed by atoms with van der Waals surface area (Å²) in [5.74, 6) is 2.45. The molecule has 4 rings (SSSR count). The summed E-state index contributed by atoms with van der Waals surface area (Å²) in [7, 11) is 3.97. The van der Waals surface area contributed by atoms with Crippen molar-refractivity contribution in [2.45, 2.75) is 6.92 Å². The standard InChI is InChI=1S/C17H20N8S/c1-12-10-14(22(2)3)20-16(19-12)24-6-4-23(5-7-24)15-13(11-18)25-8-9-26-17(25)21-15/h8-10H,4-7H2,1-3H3. The summed E-state index contributed by atoms with van der Waals surface area (Å²) in [5.41, 5.74) is 1.57. The average Bonchev–Trinajstić information content (AvgIpc) is 3.22. The second kappa shape index (κ2) is 6.46. The van der Waals surface area contributed by atoms with Crippen LogP contribution in [0.4, 0.5) is 17.6 Å². The maximum absolute atomic E-state index is 9.53. The highest BCUT2D eigenvalue weighted by molar-refractivity contribution is 7.15. The summed E-state index contributed by atoms with van der Waals surface area (Å²) in [4.78, 5) is 21.1. The number of aryl methyl sites for hydroxylation is 1. The number of anilines is 3. The molecule has 1 aliphatic rings. The van der Waals surface area contributed by atoms with E-state index in [1.165, 1.54) is 0 Å². The molecule has 9 heteroatoms. The molecule has 0 spiro atoms.